The summed E-state index contributed by atoms with van der Waals surface area (Å²) in [5, 5.41) is 7.89. The van der Waals surface area contributed by atoms with E-state index in [2.05, 4.69) is 36.4 Å². The van der Waals surface area contributed by atoms with Crippen LogP contribution in [-0.2, 0) is 0 Å². The zero-order valence-electron chi connectivity index (χ0n) is 14.4. The highest BCUT2D eigenvalue weighted by Crippen LogP contribution is 2.28. The molecule has 2 aromatic heterocycles. The SMILES string of the molecule is CCN=c1scc(-c2cc3ccccc3o2)n1N=CC(CC)CC. The summed E-state index contributed by atoms with van der Waals surface area (Å²) < 4.78 is 7.92. The monoisotopic (exact) mass is 341 g/mol. The van der Waals surface area contributed by atoms with Crippen LogP contribution in [0, 0.1) is 5.92 Å². The Morgan fingerprint density at radius 2 is 2.00 bits per heavy atom. The quantitative estimate of drug-likeness (QED) is 0.571. The fourth-order valence-corrected chi connectivity index (χ4v) is 3.48. The Kier molecular flexibility index (Phi) is 5.30. The summed E-state index contributed by atoms with van der Waals surface area (Å²) >= 11 is 1.59. The first kappa shape index (κ1) is 16.7. The van der Waals surface area contributed by atoms with Gasteiger partial charge in [0.15, 0.2) is 5.76 Å². The third-order valence-corrected chi connectivity index (χ3v) is 4.95. The Labute approximate surface area is 146 Å². The van der Waals surface area contributed by atoms with E-state index >= 15 is 0 Å². The Hall–Kier alpha value is -2.14. The van der Waals surface area contributed by atoms with Gasteiger partial charge in [0.2, 0.25) is 4.80 Å². The van der Waals surface area contributed by atoms with Crippen molar-refractivity contribution >= 4 is 28.5 Å². The molecule has 0 saturated carbocycles. The second-order valence-electron chi connectivity index (χ2n) is 5.68. The first-order chi connectivity index (χ1) is 11.8. The maximum absolute atomic E-state index is 6.02. The van der Waals surface area contributed by atoms with Crippen LogP contribution in [0.1, 0.15) is 33.6 Å². The van der Waals surface area contributed by atoms with Gasteiger partial charge in [-0.25, -0.2) is 4.68 Å². The van der Waals surface area contributed by atoms with Crippen LogP contribution in [0.5, 0.6) is 0 Å². The molecule has 0 amide bonds. The van der Waals surface area contributed by atoms with Crippen LogP contribution >= 0.6 is 11.3 Å². The molecule has 0 atom stereocenters. The zero-order valence-corrected chi connectivity index (χ0v) is 15.2. The molecule has 3 rings (SSSR count). The predicted molar refractivity (Wildman–Crippen MR) is 102 cm³/mol. The number of aromatic nitrogens is 1. The Bertz CT molecular complexity index is 864. The van der Waals surface area contributed by atoms with Gasteiger partial charge in [0.1, 0.15) is 11.3 Å². The van der Waals surface area contributed by atoms with E-state index in [9.17, 15) is 0 Å². The smallest absolute Gasteiger partial charge is 0.206 e. The molecule has 0 spiro atoms. The highest BCUT2D eigenvalue weighted by atomic mass is 32.1. The van der Waals surface area contributed by atoms with Crippen molar-refractivity contribution in [1.29, 1.82) is 0 Å². The molecule has 5 heteroatoms. The molecule has 0 N–H and O–H groups in total. The summed E-state index contributed by atoms with van der Waals surface area (Å²) in [4.78, 5) is 5.46. The summed E-state index contributed by atoms with van der Waals surface area (Å²) in [6.45, 7) is 7.15. The number of nitrogens with zero attached hydrogens (tertiary/aromatic N) is 3. The van der Waals surface area contributed by atoms with Crippen molar-refractivity contribution in [2.45, 2.75) is 33.6 Å². The number of fused-ring (bicyclic) bond motifs is 1. The minimum absolute atomic E-state index is 0.482. The number of furan rings is 1. The molecule has 0 unspecified atom stereocenters. The Morgan fingerprint density at radius 3 is 2.71 bits per heavy atom. The second-order valence-corrected chi connectivity index (χ2v) is 6.52. The average molecular weight is 341 g/mol. The van der Waals surface area contributed by atoms with E-state index in [1.54, 1.807) is 11.3 Å². The fourth-order valence-electron chi connectivity index (χ4n) is 2.59. The maximum atomic E-state index is 6.02. The van der Waals surface area contributed by atoms with Gasteiger partial charge in [-0.3, -0.25) is 4.99 Å². The van der Waals surface area contributed by atoms with E-state index in [4.69, 9.17) is 9.52 Å². The molecule has 0 radical (unpaired) electrons. The Morgan fingerprint density at radius 1 is 1.21 bits per heavy atom. The highest BCUT2D eigenvalue weighted by Gasteiger charge is 2.12. The van der Waals surface area contributed by atoms with Gasteiger partial charge >= 0.3 is 0 Å². The van der Waals surface area contributed by atoms with E-state index in [-0.39, 0.29) is 0 Å². The van der Waals surface area contributed by atoms with Gasteiger partial charge in [-0.1, -0.05) is 32.0 Å². The molecule has 0 bridgehead atoms. The van der Waals surface area contributed by atoms with E-state index < -0.39 is 0 Å². The molecular formula is C19H23N3OS. The molecular weight excluding hydrogens is 318 g/mol. The normalized spacial score (nSPS) is 12.9. The summed E-state index contributed by atoms with van der Waals surface area (Å²) in [7, 11) is 0. The van der Waals surface area contributed by atoms with Crippen molar-refractivity contribution < 1.29 is 4.42 Å². The molecule has 3 aromatic rings. The van der Waals surface area contributed by atoms with Gasteiger partial charge in [0.05, 0.1) is 0 Å². The summed E-state index contributed by atoms with van der Waals surface area (Å²) in [6, 6.07) is 10.1. The number of benzene rings is 1. The molecule has 0 fully saturated rings. The molecule has 0 aliphatic rings. The van der Waals surface area contributed by atoms with Gasteiger partial charge in [0, 0.05) is 23.5 Å². The van der Waals surface area contributed by atoms with Crippen LogP contribution < -0.4 is 4.80 Å². The van der Waals surface area contributed by atoms with Gasteiger partial charge in [-0.2, -0.15) is 5.10 Å². The minimum Gasteiger partial charge on any atom is -0.454 e. The van der Waals surface area contributed by atoms with Crippen LogP contribution in [0.25, 0.3) is 22.4 Å². The van der Waals surface area contributed by atoms with Gasteiger partial charge in [0.25, 0.3) is 0 Å². The topological polar surface area (TPSA) is 42.8 Å². The van der Waals surface area contributed by atoms with Gasteiger partial charge in [-0.15, -0.1) is 11.3 Å². The van der Waals surface area contributed by atoms with Gasteiger partial charge in [-0.05, 0) is 37.8 Å². The molecule has 0 saturated heterocycles. The molecule has 2 heterocycles. The van der Waals surface area contributed by atoms with Crippen molar-refractivity contribution in [1.82, 2.24) is 4.68 Å². The summed E-state index contributed by atoms with van der Waals surface area (Å²) in [6.07, 6.45) is 4.21. The van der Waals surface area contributed by atoms with Crippen LogP contribution in [0.3, 0.4) is 0 Å². The zero-order chi connectivity index (χ0) is 16.9. The van der Waals surface area contributed by atoms with E-state index in [0.29, 0.717) is 5.92 Å². The lowest BCUT2D eigenvalue weighted by Crippen LogP contribution is -2.13. The van der Waals surface area contributed by atoms with Crippen molar-refractivity contribution in [2.24, 2.45) is 16.0 Å². The number of rotatable bonds is 6. The van der Waals surface area contributed by atoms with Crippen molar-refractivity contribution in [3.8, 4) is 11.5 Å². The molecule has 126 valence electrons. The standard InChI is InChI=1S/C19H23N3OS/c1-4-14(5-2)12-21-22-16(13-24-19(22)20-6-3)18-11-15-9-7-8-10-17(15)23-18/h7-14H,4-6H2,1-3H3. The van der Waals surface area contributed by atoms with E-state index in [1.165, 1.54) is 0 Å². The van der Waals surface area contributed by atoms with Crippen molar-refractivity contribution in [2.75, 3.05) is 6.54 Å². The fraction of sp³-hybridized carbons (Fsp3) is 0.368. The van der Waals surface area contributed by atoms with E-state index in [1.807, 2.05) is 36.0 Å². The summed E-state index contributed by atoms with van der Waals surface area (Å²) in [5.74, 6) is 1.31. The third-order valence-electron chi connectivity index (χ3n) is 4.10. The van der Waals surface area contributed by atoms with Crippen molar-refractivity contribution in [3.05, 3.63) is 40.5 Å². The lowest BCUT2D eigenvalue weighted by atomic mass is 10.1. The van der Waals surface area contributed by atoms with Crippen molar-refractivity contribution in [3.63, 3.8) is 0 Å². The largest absolute Gasteiger partial charge is 0.454 e. The van der Waals surface area contributed by atoms with Crippen LogP contribution in [0.15, 0.2) is 50.2 Å². The lowest BCUT2D eigenvalue weighted by molar-refractivity contribution is 0.618. The lowest BCUT2D eigenvalue weighted by Gasteiger charge is -2.05. The van der Waals surface area contributed by atoms with Crippen LogP contribution in [-0.4, -0.2) is 17.4 Å². The molecule has 1 aromatic carbocycles. The number of thiazole rings is 1. The number of hydrogen-bond donors (Lipinski definition) is 0. The molecule has 0 aliphatic heterocycles. The summed E-state index contributed by atoms with van der Waals surface area (Å²) in [5.41, 5.74) is 1.84. The first-order valence-electron chi connectivity index (χ1n) is 8.51. The predicted octanol–water partition coefficient (Wildman–Crippen LogP) is 5.15. The third kappa shape index (κ3) is 3.36. The minimum atomic E-state index is 0.482. The molecule has 0 aliphatic carbocycles. The maximum Gasteiger partial charge on any atom is 0.206 e. The second kappa shape index (κ2) is 7.62. The van der Waals surface area contributed by atoms with Crippen LogP contribution in [0.2, 0.25) is 0 Å². The van der Waals surface area contributed by atoms with Crippen LogP contribution in [0.4, 0.5) is 0 Å². The highest BCUT2D eigenvalue weighted by molar-refractivity contribution is 7.07. The average Bonchev–Trinajstić information content (AvgIpc) is 3.20. The van der Waals surface area contributed by atoms with Gasteiger partial charge < -0.3 is 4.42 Å². The molecule has 4 nitrogen and oxygen atoms in total. The number of hydrogen-bond acceptors (Lipinski definition) is 4. The molecule has 24 heavy (non-hydrogen) atoms. The first-order valence-corrected chi connectivity index (χ1v) is 9.39. The number of para-hydroxylation sites is 1. The van der Waals surface area contributed by atoms with E-state index in [0.717, 1.165) is 46.6 Å². The Balaban J connectivity index is 2.09.